The Hall–Kier alpha value is -4.17. The Kier molecular flexibility index (Phi) is 5.87. The topological polar surface area (TPSA) is 108 Å². The summed E-state index contributed by atoms with van der Waals surface area (Å²) < 4.78 is 27.5. The molecule has 8 heteroatoms. The Morgan fingerprint density at radius 1 is 0.750 bits per heavy atom. The number of aromatic nitrogens is 1. The summed E-state index contributed by atoms with van der Waals surface area (Å²) in [6, 6.07) is 26.6. The lowest BCUT2D eigenvalue weighted by molar-refractivity contribution is 0.102. The van der Waals surface area contributed by atoms with E-state index in [1.54, 1.807) is 42.5 Å². The first-order valence-corrected chi connectivity index (χ1v) is 11.2. The van der Waals surface area contributed by atoms with Crippen LogP contribution in [0.25, 0.3) is 11.3 Å². The van der Waals surface area contributed by atoms with E-state index in [4.69, 9.17) is 0 Å². The third-order valence-electron chi connectivity index (χ3n) is 4.67. The van der Waals surface area contributed by atoms with E-state index >= 15 is 0 Å². The average Bonchev–Trinajstić information content (AvgIpc) is 2.80. The minimum absolute atomic E-state index is 0.0556. The standard InChI is InChI=1S/C24H19N3O4S/c28-23(21-14-15-22(26-24(21)29)17-8-3-1-4-9-17)25-18-10-7-11-19(16-18)27-32(30,31)20-12-5-2-6-13-20/h1-16,27H,(H,25,28)(H,26,29). The van der Waals surface area contributed by atoms with E-state index in [1.165, 1.54) is 24.3 Å². The van der Waals surface area contributed by atoms with Crippen LogP contribution in [0.4, 0.5) is 11.4 Å². The molecule has 0 radical (unpaired) electrons. The predicted molar refractivity (Wildman–Crippen MR) is 124 cm³/mol. The molecule has 3 N–H and O–H groups in total. The summed E-state index contributed by atoms with van der Waals surface area (Å²) in [5.74, 6) is -0.603. The van der Waals surface area contributed by atoms with Crippen LogP contribution in [0, 0.1) is 0 Å². The molecular weight excluding hydrogens is 426 g/mol. The summed E-state index contributed by atoms with van der Waals surface area (Å²) >= 11 is 0. The first kappa shape index (κ1) is 21.1. The summed E-state index contributed by atoms with van der Waals surface area (Å²) in [6.45, 7) is 0. The molecule has 0 aliphatic rings. The molecule has 1 amide bonds. The van der Waals surface area contributed by atoms with Gasteiger partial charge in [-0.3, -0.25) is 14.3 Å². The van der Waals surface area contributed by atoms with Crippen molar-refractivity contribution < 1.29 is 13.2 Å². The third kappa shape index (κ3) is 4.76. The molecule has 0 saturated heterocycles. The number of carbonyl (C=O) groups excluding carboxylic acids is 1. The van der Waals surface area contributed by atoms with Gasteiger partial charge in [-0.05, 0) is 48.0 Å². The monoisotopic (exact) mass is 445 g/mol. The first-order chi connectivity index (χ1) is 15.4. The second-order valence-corrected chi connectivity index (χ2v) is 8.62. The van der Waals surface area contributed by atoms with Crippen molar-refractivity contribution in [3.05, 3.63) is 113 Å². The van der Waals surface area contributed by atoms with Gasteiger partial charge in [0.25, 0.3) is 21.5 Å². The van der Waals surface area contributed by atoms with Gasteiger partial charge in [0.15, 0.2) is 0 Å². The van der Waals surface area contributed by atoms with Gasteiger partial charge in [-0.25, -0.2) is 8.42 Å². The van der Waals surface area contributed by atoms with E-state index in [0.717, 1.165) is 5.56 Å². The number of hydrogen-bond donors (Lipinski definition) is 3. The highest BCUT2D eigenvalue weighted by atomic mass is 32.2. The fourth-order valence-corrected chi connectivity index (χ4v) is 4.18. The number of benzene rings is 3. The van der Waals surface area contributed by atoms with Gasteiger partial charge in [0.2, 0.25) is 0 Å². The smallest absolute Gasteiger partial charge is 0.261 e. The SMILES string of the molecule is O=C(Nc1cccc(NS(=O)(=O)c2ccccc2)c1)c1ccc(-c2ccccc2)[nH]c1=O. The zero-order chi connectivity index (χ0) is 22.6. The van der Waals surface area contributed by atoms with Gasteiger partial charge in [0.1, 0.15) is 5.56 Å². The molecule has 0 fully saturated rings. The first-order valence-electron chi connectivity index (χ1n) is 9.70. The maximum absolute atomic E-state index is 12.6. The van der Waals surface area contributed by atoms with Crippen molar-refractivity contribution in [2.24, 2.45) is 0 Å². The highest BCUT2D eigenvalue weighted by Crippen LogP contribution is 2.20. The second kappa shape index (κ2) is 8.91. The van der Waals surface area contributed by atoms with Crippen molar-refractivity contribution in [1.29, 1.82) is 0 Å². The number of carbonyl (C=O) groups is 1. The average molecular weight is 446 g/mol. The molecule has 0 atom stereocenters. The van der Waals surface area contributed by atoms with Crippen molar-refractivity contribution in [1.82, 2.24) is 4.98 Å². The number of rotatable bonds is 6. The largest absolute Gasteiger partial charge is 0.322 e. The quantitative estimate of drug-likeness (QED) is 0.415. The van der Waals surface area contributed by atoms with Crippen molar-refractivity contribution in [2.45, 2.75) is 4.90 Å². The van der Waals surface area contributed by atoms with Gasteiger partial charge in [-0.1, -0.05) is 54.6 Å². The number of nitrogens with one attached hydrogen (secondary N) is 3. The number of pyridine rings is 1. The summed E-state index contributed by atoms with van der Waals surface area (Å²) in [5, 5.41) is 2.63. The fraction of sp³-hybridized carbons (Fsp3) is 0. The van der Waals surface area contributed by atoms with Crippen molar-refractivity contribution in [3.63, 3.8) is 0 Å². The molecule has 0 saturated carbocycles. The molecule has 0 aliphatic carbocycles. The molecule has 4 aromatic rings. The normalized spacial score (nSPS) is 11.0. The summed E-state index contributed by atoms with van der Waals surface area (Å²) in [4.78, 5) is 27.9. The van der Waals surface area contributed by atoms with Crippen molar-refractivity contribution >= 4 is 27.3 Å². The number of amides is 1. The molecule has 1 heterocycles. The van der Waals surface area contributed by atoms with Gasteiger partial charge in [0.05, 0.1) is 10.6 Å². The molecule has 160 valence electrons. The highest BCUT2D eigenvalue weighted by molar-refractivity contribution is 7.92. The Morgan fingerprint density at radius 2 is 1.41 bits per heavy atom. The Labute approximate surface area is 184 Å². The fourth-order valence-electron chi connectivity index (χ4n) is 3.11. The molecule has 1 aromatic heterocycles. The van der Waals surface area contributed by atoms with E-state index in [-0.39, 0.29) is 16.1 Å². The lowest BCUT2D eigenvalue weighted by Gasteiger charge is -2.10. The molecule has 0 aliphatic heterocycles. The number of aromatic amines is 1. The van der Waals surface area contributed by atoms with E-state index in [9.17, 15) is 18.0 Å². The van der Waals surface area contributed by atoms with E-state index in [0.29, 0.717) is 11.4 Å². The van der Waals surface area contributed by atoms with Crippen LogP contribution in [0.5, 0.6) is 0 Å². The minimum atomic E-state index is -3.77. The van der Waals surface area contributed by atoms with E-state index in [1.807, 2.05) is 30.3 Å². The molecule has 0 unspecified atom stereocenters. The van der Waals surface area contributed by atoms with Crippen LogP contribution >= 0.6 is 0 Å². The Balaban J connectivity index is 1.51. The molecule has 4 rings (SSSR count). The minimum Gasteiger partial charge on any atom is -0.322 e. The second-order valence-electron chi connectivity index (χ2n) is 6.93. The van der Waals surface area contributed by atoms with Crippen molar-refractivity contribution in [3.8, 4) is 11.3 Å². The highest BCUT2D eigenvalue weighted by Gasteiger charge is 2.15. The van der Waals surface area contributed by atoms with Crippen molar-refractivity contribution in [2.75, 3.05) is 10.0 Å². The third-order valence-corrected chi connectivity index (χ3v) is 6.06. The lowest BCUT2D eigenvalue weighted by Crippen LogP contribution is -2.23. The van der Waals surface area contributed by atoms with Crippen LogP contribution in [0.1, 0.15) is 10.4 Å². The summed E-state index contributed by atoms with van der Waals surface area (Å²) in [6.07, 6.45) is 0. The number of anilines is 2. The predicted octanol–water partition coefficient (Wildman–Crippen LogP) is 4.10. The van der Waals surface area contributed by atoms with Gasteiger partial charge in [-0.15, -0.1) is 0 Å². The Morgan fingerprint density at radius 3 is 2.09 bits per heavy atom. The number of hydrogen-bond acceptors (Lipinski definition) is 4. The molecule has 7 nitrogen and oxygen atoms in total. The zero-order valence-electron chi connectivity index (χ0n) is 16.8. The number of sulfonamides is 1. The molecular formula is C24H19N3O4S. The maximum atomic E-state index is 12.6. The van der Waals surface area contributed by atoms with Gasteiger partial charge in [-0.2, -0.15) is 0 Å². The lowest BCUT2D eigenvalue weighted by atomic mass is 10.1. The van der Waals surface area contributed by atoms with Gasteiger partial charge < -0.3 is 10.3 Å². The van der Waals surface area contributed by atoms with E-state index < -0.39 is 21.5 Å². The molecule has 0 bridgehead atoms. The molecule has 3 aromatic carbocycles. The molecule has 32 heavy (non-hydrogen) atoms. The van der Waals surface area contributed by atoms with Gasteiger partial charge >= 0.3 is 0 Å². The maximum Gasteiger partial charge on any atom is 0.261 e. The molecule has 0 spiro atoms. The van der Waals surface area contributed by atoms with E-state index in [2.05, 4.69) is 15.0 Å². The number of H-pyrrole nitrogens is 1. The Bertz CT molecular complexity index is 1420. The van der Waals surface area contributed by atoms with Crippen LogP contribution in [0.3, 0.4) is 0 Å². The van der Waals surface area contributed by atoms with Crippen LogP contribution in [-0.2, 0) is 10.0 Å². The van der Waals surface area contributed by atoms with Crippen LogP contribution in [-0.4, -0.2) is 19.3 Å². The zero-order valence-corrected chi connectivity index (χ0v) is 17.6. The van der Waals surface area contributed by atoms with Gasteiger partial charge in [0, 0.05) is 11.4 Å². The summed E-state index contributed by atoms with van der Waals surface area (Å²) in [5.41, 5.74) is 1.47. The summed E-state index contributed by atoms with van der Waals surface area (Å²) in [7, 11) is -3.77. The van der Waals surface area contributed by atoms with Crippen LogP contribution in [0.15, 0.2) is 107 Å². The van der Waals surface area contributed by atoms with Crippen LogP contribution < -0.4 is 15.6 Å². The van der Waals surface area contributed by atoms with Crippen LogP contribution in [0.2, 0.25) is 0 Å².